The molecule has 8 nitrogen and oxygen atoms in total. The second-order valence-electron chi connectivity index (χ2n) is 7.45. The van der Waals surface area contributed by atoms with Gasteiger partial charge in [-0.2, -0.15) is 0 Å². The van der Waals surface area contributed by atoms with E-state index in [9.17, 15) is 4.79 Å². The molecule has 2 aromatic heterocycles. The number of nitrogens with one attached hydrogen (secondary N) is 1. The minimum absolute atomic E-state index is 0.154. The van der Waals surface area contributed by atoms with Crippen LogP contribution < -0.4 is 14.8 Å². The maximum Gasteiger partial charge on any atom is 0.236 e. The topological polar surface area (TPSA) is 91.2 Å². The lowest BCUT2D eigenvalue weighted by Crippen LogP contribution is -2.15. The molecule has 2 heterocycles. The number of hydrogen-bond acceptors (Lipinski definition) is 8. The number of methoxy groups -OCH3 is 1. The summed E-state index contributed by atoms with van der Waals surface area (Å²) in [6.45, 7) is 8.25. The van der Waals surface area contributed by atoms with Gasteiger partial charge in [0.15, 0.2) is 22.2 Å². The van der Waals surface area contributed by atoms with Crippen molar-refractivity contribution >= 4 is 44.4 Å². The molecule has 0 radical (unpaired) electrons. The number of thiazole rings is 1. The molecule has 34 heavy (non-hydrogen) atoms. The molecule has 0 aliphatic carbocycles. The molecule has 2 aromatic carbocycles. The van der Waals surface area contributed by atoms with E-state index in [2.05, 4.69) is 27.1 Å². The third-order valence-corrected chi connectivity index (χ3v) is 6.90. The van der Waals surface area contributed by atoms with Gasteiger partial charge in [0.2, 0.25) is 5.91 Å². The van der Waals surface area contributed by atoms with Gasteiger partial charge in [-0.05, 0) is 49.7 Å². The third kappa shape index (κ3) is 5.40. The molecule has 4 aromatic rings. The van der Waals surface area contributed by atoms with Crippen molar-refractivity contribution in [1.82, 2.24) is 19.7 Å². The van der Waals surface area contributed by atoms with Crippen molar-refractivity contribution in [2.45, 2.75) is 31.7 Å². The Bertz CT molecular complexity index is 1300. The van der Waals surface area contributed by atoms with E-state index in [1.165, 1.54) is 23.1 Å². The summed E-state index contributed by atoms with van der Waals surface area (Å²) in [6.07, 6.45) is 1.41. The van der Waals surface area contributed by atoms with Gasteiger partial charge in [0, 0.05) is 6.54 Å². The first kappa shape index (κ1) is 23.8. The van der Waals surface area contributed by atoms with Gasteiger partial charge in [-0.25, -0.2) is 4.98 Å². The summed E-state index contributed by atoms with van der Waals surface area (Å²) in [5.41, 5.74) is 2.00. The Morgan fingerprint density at radius 3 is 2.71 bits per heavy atom. The van der Waals surface area contributed by atoms with Crippen molar-refractivity contribution in [3.8, 4) is 11.5 Å². The summed E-state index contributed by atoms with van der Waals surface area (Å²) in [6, 6.07) is 13.3. The van der Waals surface area contributed by atoms with Gasteiger partial charge in [-0.3, -0.25) is 9.36 Å². The molecular formula is C24H25N5O3S2. The van der Waals surface area contributed by atoms with Crippen LogP contribution in [0.5, 0.6) is 11.5 Å². The SMILES string of the molecule is C=CCn1c(SCC(=O)Nc2nc3c(C)cccc3s2)nnc1C(C)Oc1ccc(OC)cc1. The molecule has 4 rings (SSSR count). The Kier molecular flexibility index (Phi) is 7.49. The number of para-hydroxylation sites is 1. The number of carbonyl (C=O) groups excluding carboxylic acids is 1. The molecule has 10 heteroatoms. The smallest absolute Gasteiger partial charge is 0.236 e. The molecule has 0 fully saturated rings. The molecule has 0 bridgehead atoms. The quantitative estimate of drug-likeness (QED) is 0.237. The van der Waals surface area contributed by atoms with Crippen molar-refractivity contribution in [3.63, 3.8) is 0 Å². The molecule has 0 saturated carbocycles. The molecule has 0 aliphatic rings. The second kappa shape index (κ2) is 10.7. The molecule has 1 atom stereocenters. The summed E-state index contributed by atoms with van der Waals surface area (Å²) in [4.78, 5) is 17.1. The standard InChI is InChI=1S/C24H25N5O3S2/c1-5-13-29-22(16(3)32-18-11-9-17(31-4)10-12-18)27-28-24(29)33-14-20(30)25-23-26-21-15(2)7-6-8-19(21)34-23/h5-12,16H,1,13-14H2,2-4H3,(H,25,26,30). The largest absolute Gasteiger partial charge is 0.497 e. The van der Waals surface area contributed by atoms with E-state index in [0.29, 0.717) is 28.4 Å². The Hall–Kier alpha value is -3.37. The number of thioether (sulfide) groups is 1. The first-order valence-corrected chi connectivity index (χ1v) is 12.4. The van der Waals surface area contributed by atoms with Crippen molar-refractivity contribution in [2.24, 2.45) is 0 Å². The third-order valence-electron chi connectivity index (χ3n) is 4.99. The average Bonchev–Trinajstić information content (AvgIpc) is 3.43. The van der Waals surface area contributed by atoms with Crippen LogP contribution in [-0.2, 0) is 11.3 Å². The summed E-state index contributed by atoms with van der Waals surface area (Å²) in [5, 5.41) is 12.7. The fourth-order valence-corrected chi connectivity index (χ4v) is 5.06. The lowest BCUT2D eigenvalue weighted by Gasteiger charge is -2.16. The highest BCUT2D eigenvalue weighted by Crippen LogP contribution is 2.29. The first-order chi connectivity index (χ1) is 16.5. The number of aromatic nitrogens is 4. The Labute approximate surface area is 206 Å². The highest BCUT2D eigenvalue weighted by molar-refractivity contribution is 7.99. The molecule has 0 saturated heterocycles. The minimum Gasteiger partial charge on any atom is -0.497 e. The van der Waals surface area contributed by atoms with E-state index < -0.39 is 0 Å². The van der Waals surface area contributed by atoms with E-state index in [1.54, 1.807) is 13.2 Å². The van der Waals surface area contributed by atoms with Gasteiger partial charge < -0.3 is 14.8 Å². The number of carbonyl (C=O) groups is 1. The van der Waals surface area contributed by atoms with Crippen LogP contribution in [0.1, 0.15) is 24.4 Å². The predicted octanol–water partition coefficient (Wildman–Crippen LogP) is 5.26. The van der Waals surface area contributed by atoms with Crippen LogP contribution in [0, 0.1) is 6.92 Å². The van der Waals surface area contributed by atoms with E-state index in [-0.39, 0.29) is 17.8 Å². The number of rotatable bonds is 10. The Balaban J connectivity index is 1.41. The minimum atomic E-state index is -0.352. The van der Waals surface area contributed by atoms with Crippen LogP contribution in [0.3, 0.4) is 0 Å². The van der Waals surface area contributed by atoms with Gasteiger partial charge >= 0.3 is 0 Å². The van der Waals surface area contributed by atoms with Gasteiger partial charge in [-0.1, -0.05) is 41.3 Å². The maximum absolute atomic E-state index is 12.6. The van der Waals surface area contributed by atoms with Crippen molar-refractivity contribution in [3.05, 3.63) is 66.5 Å². The van der Waals surface area contributed by atoms with Crippen molar-refractivity contribution in [1.29, 1.82) is 0 Å². The number of hydrogen-bond donors (Lipinski definition) is 1. The highest BCUT2D eigenvalue weighted by atomic mass is 32.2. The van der Waals surface area contributed by atoms with E-state index in [0.717, 1.165) is 21.5 Å². The number of ether oxygens (including phenoxy) is 2. The van der Waals surface area contributed by atoms with E-state index in [1.807, 2.05) is 60.9 Å². The van der Waals surface area contributed by atoms with Crippen LogP contribution in [0.25, 0.3) is 10.2 Å². The molecule has 1 N–H and O–H groups in total. The number of allylic oxidation sites excluding steroid dienone is 1. The second-order valence-corrected chi connectivity index (χ2v) is 9.43. The van der Waals surface area contributed by atoms with E-state index in [4.69, 9.17) is 9.47 Å². The zero-order valence-corrected chi connectivity index (χ0v) is 20.8. The summed E-state index contributed by atoms with van der Waals surface area (Å²) >= 11 is 2.77. The van der Waals surface area contributed by atoms with Crippen LogP contribution in [0.2, 0.25) is 0 Å². The molecule has 0 aliphatic heterocycles. The van der Waals surface area contributed by atoms with E-state index >= 15 is 0 Å². The molecule has 176 valence electrons. The van der Waals surface area contributed by atoms with Crippen molar-refractivity contribution < 1.29 is 14.3 Å². The monoisotopic (exact) mass is 495 g/mol. The predicted molar refractivity (Wildman–Crippen MR) is 136 cm³/mol. The van der Waals surface area contributed by atoms with Gasteiger partial charge in [0.1, 0.15) is 11.5 Å². The van der Waals surface area contributed by atoms with Crippen LogP contribution in [0.4, 0.5) is 5.13 Å². The van der Waals surface area contributed by atoms with Crippen LogP contribution in [-0.4, -0.2) is 38.5 Å². The lowest BCUT2D eigenvalue weighted by molar-refractivity contribution is -0.113. The van der Waals surface area contributed by atoms with Crippen LogP contribution in [0.15, 0.2) is 60.3 Å². The number of nitrogens with zero attached hydrogens (tertiary/aromatic N) is 4. The number of aryl methyl sites for hydroxylation is 1. The molecule has 0 spiro atoms. The summed E-state index contributed by atoms with van der Waals surface area (Å²) < 4.78 is 14.2. The number of benzene rings is 2. The first-order valence-electron chi connectivity index (χ1n) is 10.6. The molecular weight excluding hydrogens is 470 g/mol. The summed E-state index contributed by atoms with van der Waals surface area (Å²) in [7, 11) is 1.62. The molecule has 1 amide bonds. The normalized spacial score (nSPS) is 11.9. The number of amides is 1. The van der Waals surface area contributed by atoms with Gasteiger partial charge in [0.05, 0.1) is 23.1 Å². The average molecular weight is 496 g/mol. The number of anilines is 1. The maximum atomic E-state index is 12.6. The highest BCUT2D eigenvalue weighted by Gasteiger charge is 2.20. The number of fused-ring (bicyclic) bond motifs is 1. The van der Waals surface area contributed by atoms with Crippen molar-refractivity contribution in [2.75, 3.05) is 18.2 Å². The van der Waals surface area contributed by atoms with Gasteiger partial charge in [0.25, 0.3) is 0 Å². The zero-order chi connectivity index (χ0) is 24.1. The Morgan fingerprint density at radius 1 is 1.24 bits per heavy atom. The molecule has 1 unspecified atom stereocenters. The fourth-order valence-electron chi connectivity index (χ4n) is 3.34. The lowest BCUT2D eigenvalue weighted by atomic mass is 10.2. The Morgan fingerprint density at radius 2 is 2.00 bits per heavy atom. The van der Waals surface area contributed by atoms with Crippen LogP contribution >= 0.6 is 23.1 Å². The van der Waals surface area contributed by atoms with Gasteiger partial charge in [-0.15, -0.1) is 16.8 Å². The fraction of sp³-hybridized carbons (Fsp3) is 0.250. The zero-order valence-electron chi connectivity index (χ0n) is 19.1. The summed E-state index contributed by atoms with van der Waals surface area (Å²) in [5.74, 6) is 2.13.